The monoisotopic (exact) mass is 348 g/mol. The maximum absolute atomic E-state index is 12.4. The van der Waals surface area contributed by atoms with Crippen LogP contribution in [-0.2, 0) is 4.79 Å². The molecule has 0 unspecified atom stereocenters. The summed E-state index contributed by atoms with van der Waals surface area (Å²) in [6.07, 6.45) is 1.25. The molecule has 0 saturated heterocycles. The predicted octanol–water partition coefficient (Wildman–Crippen LogP) is 3.03. The first kappa shape index (κ1) is 18.4. The van der Waals surface area contributed by atoms with Crippen LogP contribution >= 0.6 is 0 Å². The Bertz CT molecular complexity index is 923. The summed E-state index contributed by atoms with van der Waals surface area (Å²) in [5.74, 6) is 0.338. The van der Waals surface area contributed by atoms with Crippen LogP contribution in [-0.4, -0.2) is 20.1 Å². The van der Waals surface area contributed by atoms with E-state index in [1.54, 1.807) is 42.5 Å². The van der Waals surface area contributed by atoms with Crippen LogP contribution in [0, 0.1) is 22.7 Å². The van der Waals surface area contributed by atoms with Gasteiger partial charge in [-0.1, -0.05) is 12.1 Å². The Balaban J connectivity index is 2.22. The topological polar surface area (TPSA) is 107 Å². The molecule has 0 radical (unpaired) electrons. The average Bonchev–Trinajstić information content (AvgIpc) is 2.68. The van der Waals surface area contributed by atoms with Gasteiger partial charge in [-0.3, -0.25) is 4.79 Å². The number of nitriles is 2. The highest BCUT2D eigenvalue weighted by Gasteiger charge is 2.13. The van der Waals surface area contributed by atoms with Gasteiger partial charge in [0, 0.05) is 12.3 Å². The van der Waals surface area contributed by atoms with Gasteiger partial charge in [-0.05, 0) is 24.3 Å². The molecular formula is C19H16N4O3. The average molecular weight is 348 g/mol. The van der Waals surface area contributed by atoms with Crippen molar-refractivity contribution < 1.29 is 14.3 Å². The van der Waals surface area contributed by atoms with Crippen LogP contribution in [0.3, 0.4) is 0 Å². The lowest BCUT2D eigenvalue weighted by Crippen LogP contribution is -2.15. The summed E-state index contributed by atoms with van der Waals surface area (Å²) in [7, 11) is 2.98. The largest absolute Gasteiger partial charge is 0.497 e. The molecule has 7 heteroatoms. The Morgan fingerprint density at radius 2 is 1.85 bits per heavy atom. The molecule has 0 heterocycles. The third-order valence-corrected chi connectivity index (χ3v) is 3.44. The first-order valence-electron chi connectivity index (χ1n) is 7.52. The zero-order valence-corrected chi connectivity index (χ0v) is 14.2. The second-order valence-electron chi connectivity index (χ2n) is 4.99. The smallest absolute Gasteiger partial charge is 0.267 e. The lowest BCUT2D eigenvalue weighted by Gasteiger charge is -2.11. The number of para-hydroxylation sites is 1. The van der Waals surface area contributed by atoms with E-state index in [9.17, 15) is 10.1 Å². The minimum Gasteiger partial charge on any atom is -0.497 e. The van der Waals surface area contributed by atoms with Gasteiger partial charge >= 0.3 is 0 Å². The van der Waals surface area contributed by atoms with Gasteiger partial charge in [-0.2, -0.15) is 10.5 Å². The van der Waals surface area contributed by atoms with E-state index in [-0.39, 0.29) is 5.57 Å². The molecule has 0 aromatic heterocycles. The van der Waals surface area contributed by atoms with Gasteiger partial charge in [-0.25, -0.2) is 0 Å². The van der Waals surface area contributed by atoms with Gasteiger partial charge in [0.2, 0.25) is 0 Å². The number of benzene rings is 2. The van der Waals surface area contributed by atoms with Crippen molar-refractivity contribution in [2.24, 2.45) is 0 Å². The fraction of sp³-hybridized carbons (Fsp3) is 0.105. The van der Waals surface area contributed by atoms with Crippen molar-refractivity contribution in [1.82, 2.24) is 0 Å². The minimum atomic E-state index is -0.624. The molecule has 2 rings (SSSR count). The minimum absolute atomic E-state index is 0.164. The van der Waals surface area contributed by atoms with Crippen LogP contribution in [0.5, 0.6) is 11.5 Å². The fourth-order valence-corrected chi connectivity index (χ4v) is 2.11. The summed E-state index contributed by atoms with van der Waals surface area (Å²) in [5, 5.41) is 23.8. The van der Waals surface area contributed by atoms with Gasteiger partial charge in [0.05, 0.1) is 31.2 Å². The van der Waals surface area contributed by atoms with E-state index in [4.69, 9.17) is 14.7 Å². The number of methoxy groups -OCH3 is 2. The summed E-state index contributed by atoms with van der Waals surface area (Å²) in [6, 6.07) is 15.5. The highest BCUT2D eigenvalue weighted by molar-refractivity contribution is 6.07. The standard InChI is InChI=1S/C19H16N4O3/c1-25-15-7-8-18(26-2)17(9-15)23-19(24)14(11-21)12-22-16-6-4-3-5-13(16)10-20/h3-9,12,22H,1-2H3,(H,23,24)/b14-12-. The molecule has 0 aliphatic rings. The molecule has 0 spiro atoms. The number of anilines is 2. The van der Waals surface area contributed by atoms with Crippen LogP contribution < -0.4 is 20.1 Å². The van der Waals surface area contributed by atoms with E-state index in [0.29, 0.717) is 28.4 Å². The summed E-state index contributed by atoms with van der Waals surface area (Å²) in [6.45, 7) is 0. The number of ether oxygens (including phenoxy) is 2. The number of carbonyl (C=O) groups excluding carboxylic acids is 1. The van der Waals surface area contributed by atoms with Crippen molar-refractivity contribution in [2.45, 2.75) is 0 Å². The van der Waals surface area contributed by atoms with Gasteiger partial charge in [-0.15, -0.1) is 0 Å². The van der Waals surface area contributed by atoms with Crippen molar-refractivity contribution >= 4 is 17.3 Å². The van der Waals surface area contributed by atoms with Crippen molar-refractivity contribution in [3.8, 4) is 23.6 Å². The number of amides is 1. The highest BCUT2D eigenvalue weighted by Crippen LogP contribution is 2.29. The van der Waals surface area contributed by atoms with Gasteiger partial charge in [0.1, 0.15) is 29.2 Å². The van der Waals surface area contributed by atoms with E-state index < -0.39 is 5.91 Å². The molecule has 0 aliphatic heterocycles. The third kappa shape index (κ3) is 4.31. The first-order chi connectivity index (χ1) is 12.6. The van der Waals surface area contributed by atoms with E-state index in [1.165, 1.54) is 20.4 Å². The summed E-state index contributed by atoms with van der Waals surface area (Å²) in [4.78, 5) is 12.4. The molecule has 2 N–H and O–H groups in total. The number of nitrogens with zero attached hydrogens (tertiary/aromatic N) is 2. The number of hydrogen-bond donors (Lipinski definition) is 2. The fourth-order valence-electron chi connectivity index (χ4n) is 2.11. The molecule has 1 amide bonds. The van der Waals surface area contributed by atoms with Crippen LogP contribution in [0.15, 0.2) is 54.2 Å². The first-order valence-corrected chi connectivity index (χ1v) is 7.52. The lowest BCUT2D eigenvalue weighted by molar-refractivity contribution is -0.112. The second kappa shape index (κ2) is 8.76. The van der Waals surface area contributed by atoms with Crippen LogP contribution in [0.4, 0.5) is 11.4 Å². The van der Waals surface area contributed by atoms with Crippen molar-refractivity contribution in [1.29, 1.82) is 10.5 Å². The molecule has 2 aromatic carbocycles. The molecule has 7 nitrogen and oxygen atoms in total. The zero-order valence-electron chi connectivity index (χ0n) is 14.2. The van der Waals surface area contributed by atoms with E-state index in [0.717, 1.165) is 0 Å². The van der Waals surface area contributed by atoms with Crippen molar-refractivity contribution in [3.63, 3.8) is 0 Å². The highest BCUT2D eigenvalue weighted by atomic mass is 16.5. The molecule has 0 fully saturated rings. The predicted molar refractivity (Wildman–Crippen MR) is 96.7 cm³/mol. The molecule has 0 atom stereocenters. The van der Waals surface area contributed by atoms with Gasteiger partial charge in [0.15, 0.2) is 0 Å². The Hall–Kier alpha value is -3.97. The molecule has 130 valence electrons. The van der Waals surface area contributed by atoms with Crippen LogP contribution in [0.1, 0.15) is 5.56 Å². The lowest BCUT2D eigenvalue weighted by atomic mass is 10.2. The normalized spacial score (nSPS) is 10.2. The van der Waals surface area contributed by atoms with Gasteiger partial charge in [0.25, 0.3) is 5.91 Å². The number of hydrogen-bond acceptors (Lipinski definition) is 6. The number of rotatable bonds is 6. The van der Waals surface area contributed by atoms with Crippen molar-refractivity contribution in [3.05, 3.63) is 59.8 Å². The van der Waals surface area contributed by atoms with Crippen LogP contribution in [0.2, 0.25) is 0 Å². The van der Waals surface area contributed by atoms with Gasteiger partial charge < -0.3 is 20.1 Å². The number of carbonyl (C=O) groups is 1. The van der Waals surface area contributed by atoms with E-state index in [1.807, 2.05) is 12.1 Å². The summed E-state index contributed by atoms with van der Waals surface area (Å²) in [5.41, 5.74) is 1.10. The molecule has 0 aliphatic carbocycles. The molecular weight excluding hydrogens is 332 g/mol. The molecule has 2 aromatic rings. The Kier molecular flexibility index (Phi) is 6.19. The van der Waals surface area contributed by atoms with E-state index >= 15 is 0 Å². The third-order valence-electron chi connectivity index (χ3n) is 3.44. The quantitative estimate of drug-likeness (QED) is 0.614. The maximum atomic E-state index is 12.4. The Morgan fingerprint density at radius 1 is 1.08 bits per heavy atom. The summed E-state index contributed by atoms with van der Waals surface area (Å²) < 4.78 is 10.3. The second-order valence-corrected chi connectivity index (χ2v) is 4.99. The zero-order chi connectivity index (χ0) is 18.9. The molecule has 0 saturated carbocycles. The summed E-state index contributed by atoms with van der Waals surface area (Å²) >= 11 is 0. The molecule has 0 bridgehead atoms. The van der Waals surface area contributed by atoms with Crippen LogP contribution in [0.25, 0.3) is 0 Å². The molecule has 26 heavy (non-hydrogen) atoms. The Labute approximate surface area is 151 Å². The SMILES string of the molecule is COc1ccc(OC)c(NC(=O)/C(C#N)=C\Nc2ccccc2C#N)c1. The van der Waals surface area contributed by atoms with Crippen molar-refractivity contribution in [2.75, 3.05) is 24.9 Å². The number of nitrogens with one attached hydrogen (secondary N) is 2. The maximum Gasteiger partial charge on any atom is 0.267 e. The Morgan fingerprint density at radius 3 is 2.50 bits per heavy atom. The van der Waals surface area contributed by atoms with E-state index in [2.05, 4.69) is 10.6 Å².